The van der Waals surface area contributed by atoms with Crippen LogP contribution >= 0.6 is 0 Å². The first-order valence-corrected chi connectivity index (χ1v) is 7.49. The van der Waals surface area contributed by atoms with E-state index in [9.17, 15) is 4.79 Å². The van der Waals surface area contributed by atoms with Crippen LogP contribution in [0.4, 0.5) is 0 Å². The molecule has 20 heavy (non-hydrogen) atoms. The second-order valence-corrected chi connectivity index (χ2v) is 6.28. The Morgan fingerprint density at radius 3 is 2.55 bits per heavy atom. The molecule has 0 heterocycles. The van der Waals surface area contributed by atoms with Gasteiger partial charge >= 0.3 is 0 Å². The molecule has 1 saturated carbocycles. The summed E-state index contributed by atoms with van der Waals surface area (Å²) in [5.41, 5.74) is 2.43. The van der Waals surface area contributed by atoms with E-state index in [1.165, 1.54) is 12.0 Å². The van der Waals surface area contributed by atoms with E-state index in [4.69, 9.17) is 0 Å². The number of rotatable bonds is 3. The predicted molar refractivity (Wildman–Crippen MR) is 78.8 cm³/mol. The van der Waals surface area contributed by atoms with Gasteiger partial charge in [-0.2, -0.15) is 0 Å². The van der Waals surface area contributed by atoms with Gasteiger partial charge in [0.2, 0.25) is 0 Å². The van der Waals surface area contributed by atoms with Crippen molar-refractivity contribution >= 4 is 5.78 Å². The maximum atomic E-state index is 12.2. The van der Waals surface area contributed by atoms with Gasteiger partial charge in [-0.1, -0.05) is 42.5 Å². The largest absolute Gasteiger partial charge is 0.381 e. The Morgan fingerprint density at radius 1 is 1.10 bits per heavy atom. The van der Waals surface area contributed by atoms with Crippen LogP contribution in [0.25, 0.3) is 0 Å². The average molecular weight is 265 g/mol. The monoisotopic (exact) mass is 265 g/mol. The average Bonchev–Trinajstić information content (AvgIpc) is 3.14. The van der Waals surface area contributed by atoms with E-state index in [1.54, 1.807) is 0 Å². The molecule has 0 unspecified atom stereocenters. The van der Waals surface area contributed by atoms with Gasteiger partial charge < -0.3 is 5.32 Å². The maximum Gasteiger partial charge on any atom is 0.161 e. The minimum atomic E-state index is 0.218. The van der Waals surface area contributed by atoms with Crippen LogP contribution in [-0.4, -0.2) is 5.78 Å². The van der Waals surface area contributed by atoms with Crippen molar-refractivity contribution in [1.29, 1.82) is 0 Å². The molecule has 2 nitrogen and oxygen atoms in total. The number of hydrogen-bond acceptors (Lipinski definition) is 2. The lowest BCUT2D eigenvalue weighted by molar-refractivity contribution is -0.118. The van der Waals surface area contributed by atoms with E-state index in [-0.39, 0.29) is 12.0 Å². The Labute approximate surface area is 119 Å². The maximum absolute atomic E-state index is 12.2. The van der Waals surface area contributed by atoms with E-state index in [2.05, 4.69) is 48.7 Å². The summed E-state index contributed by atoms with van der Waals surface area (Å²) in [5.74, 6) is 2.01. The zero-order chi connectivity index (χ0) is 13.7. The van der Waals surface area contributed by atoms with Crippen LogP contribution < -0.4 is 5.32 Å². The molecule has 5 atom stereocenters. The van der Waals surface area contributed by atoms with Gasteiger partial charge in [-0.15, -0.1) is 0 Å². The lowest BCUT2D eigenvalue weighted by Gasteiger charge is -2.26. The number of benzene rings is 1. The fraction of sp³-hybridized carbons (Fsp3) is 0.389. The summed E-state index contributed by atoms with van der Waals surface area (Å²) < 4.78 is 0. The highest BCUT2D eigenvalue weighted by atomic mass is 16.1. The molecule has 102 valence electrons. The molecule has 2 heteroatoms. The molecule has 0 aromatic heterocycles. The highest BCUT2D eigenvalue weighted by Crippen LogP contribution is 2.53. The smallest absolute Gasteiger partial charge is 0.161 e. The molecule has 1 aromatic carbocycles. The number of hydrogen-bond donors (Lipinski definition) is 1. The Hall–Kier alpha value is -1.83. The van der Waals surface area contributed by atoms with Crippen LogP contribution in [0.5, 0.6) is 0 Å². The molecule has 2 bridgehead atoms. The summed E-state index contributed by atoms with van der Waals surface area (Å²) in [4.78, 5) is 12.2. The van der Waals surface area contributed by atoms with Crippen molar-refractivity contribution in [3.05, 3.63) is 59.8 Å². The number of ketones is 1. The summed E-state index contributed by atoms with van der Waals surface area (Å²) >= 11 is 0. The molecule has 1 fully saturated rings. The highest BCUT2D eigenvalue weighted by Gasteiger charge is 2.52. The third-order valence-electron chi connectivity index (χ3n) is 5.13. The van der Waals surface area contributed by atoms with Gasteiger partial charge in [-0.05, 0) is 30.7 Å². The topological polar surface area (TPSA) is 29.1 Å². The molecule has 0 amide bonds. The van der Waals surface area contributed by atoms with Crippen molar-refractivity contribution in [2.45, 2.75) is 19.4 Å². The van der Waals surface area contributed by atoms with Gasteiger partial charge in [0.1, 0.15) is 0 Å². The standard InChI is InChI=1S/C18H19NO/c1-11(12-5-3-2-4-6-12)19-15-10-16(20)18-14-8-7-13(9-14)17(15)18/h2-8,10-11,13-14,17-19H,9H2,1H3/t11-,13+,14-,17-,18+/m0/s1. The molecular formula is C18H19NO. The molecule has 0 radical (unpaired) electrons. The molecular weight excluding hydrogens is 246 g/mol. The molecule has 1 aromatic rings. The lowest BCUT2D eigenvalue weighted by atomic mass is 9.83. The summed E-state index contributed by atoms with van der Waals surface area (Å²) in [7, 11) is 0. The van der Waals surface area contributed by atoms with E-state index < -0.39 is 0 Å². The predicted octanol–water partition coefficient (Wildman–Crippen LogP) is 3.24. The Balaban J connectivity index is 1.56. The zero-order valence-electron chi connectivity index (χ0n) is 11.6. The second kappa shape index (κ2) is 4.34. The van der Waals surface area contributed by atoms with Gasteiger partial charge in [-0.25, -0.2) is 0 Å². The van der Waals surface area contributed by atoms with Crippen LogP contribution in [0.3, 0.4) is 0 Å². The summed E-state index contributed by atoms with van der Waals surface area (Å²) in [6, 6.07) is 10.7. The Kier molecular flexibility index (Phi) is 2.59. The molecule has 3 aliphatic carbocycles. The zero-order valence-corrected chi connectivity index (χ0v) is 11.6. The van der Waals surface area contributed by atoms with E-state index in [0.29, 0.717) is 23.5 Å². The number of carbonyl (C=O) groups excluding carboxylic acids is 1. The van der Waals surface area contributed by atoms with Crippen LogP contribution in [0, 0.1) is 23.7 Å². The van der Waals surface area contributed by atoms with E-state index in [1.807, 2.05) is 12.1 Å². The third kappa shape index (κ3) is 1.67. The fourth-order valence-corrected chi connectivity index (χ4v) is 4.19. The minimum absolute atomic E-state index is 0.218. The summed E-state index contributed by atoms with van der Waals surface area (Å²) in [5, 5.41) is 3.59. The molecule has 0 aliphatic heterocycles. The van der Waals surface area contributed by atoms with E-state index >= 15 is 0 Å². The van der Waals surface area contributed by atoms with Crippen LogP contribution in [0.1, 0.15) is 24.9 Å². The van der Waals surface area contributed by atoms with Crippen LogP contribution in [0.15, 0.2) is 54.3 Å². The Morgan fingerprint density at radius 2 is 1.80 bits per heavy atom. The van der Waals surface area contributed by atoms with Gasteiger partial charge in [0.15, 0.2) is 5.78 Å². The van der Waals surface area contributed by atoms with Crippen molar-refractivity contribution in [3.63, 3.8) is 0 Å². The number of carbonyl (C=O) groups is 1. The van der Waals surface area contributed by atoms with Crippen molar-refractivity contribution in [1.82, 2.24) is 5.32 Å². The van der Waals surface area contributed by atoms with Crippen molar-refractivity contribution in [3.8, 4) is 0 Å². The quantitative estimate of drug-likeness (QED) is 0.850. The molecule has 3 aliphatic rings. The summed E-state index contributed by atoms with van der Waals surface area (Å²) in [6.45, 7) is 2.16. The molecule has 0 saturated heterocycles. The van der Waals surface area contributed by atoms with Crippen molar-refractivity contribution in [2.24, 2.45) is 23.7 Å². The first-order chi connectivity index (χ1) is 9.74. The molecule has 1 N–H and O–H groups in total. The SMILES string of the molecule is C[C@H](NC1=CC(=O)[C@@H]2[C@H]1[C@@H]1C=C[C@H]2C1)c1ccccc1. The minimum Gasteiger partial charge on any atom is -0.381 e. The fourth-order valence-electron chi connectivity index (χ4n) is 4.19. The lowest BCUT2D eigenvalue weighted by Crippen LogP contribution is -2.27. The second-order valence-electron chi connectivity index (χ2n) is 6.28. The van der Waals surface area contributed by atoms with Gasteiger partial charge in [0.05, 0.1) is 0 Å². The molecule has 4 rings (SSSR count). The van der Waals surface area contributed by atoms with Crippen molar-refractivity contribution in [2.75, 3.05) is 0 Å². The number of fused-ring (bicyclic) bond motifs is 5. The first-order valence-electron chi connectivity index (χ1n) is 7.49. The normalized spacial score (nSPS) is 35.0. The van der Waals surface area contributed by atoms with Crippen LogP contribution in [-0.2, 0) is 4.79 Å². The van der Waals surface area contributed by atoms with E-state index in [0.717, 1.165) is 5.70 Å². The first kappa shape index (κ1) is 12.0. The Bertz CT molecular complexity index is 601. The summed E-state index contributed by atoms with van der Waals surface area (Å²) in [6.07, 6.45) is 7.59. The number of allylic oxidation sites excluding steroid dienone is 4. The van der Waals surface area contributed by atoms with Crippen molar-refractivity contribution < 1.29 is 4.79 Å². The molecule has 0 spiro atoms. The van der Waals surface area contributed by atoms with Crippen LogP contribution in [0.2, 0.25) is 0 Å². The number of nitrogens with one attached hydrogen (secondary N) is 1. The van der Waals surface area contributed by atoms with Gasteiger partial charge in [-0.3, -0.25) is 4.79 Å². The highest BCUT2D eigenvalue weighted by molar-refractivity contribution is 5.96. The van der Waals surface area contributed by atoms with Gasteiger partial charge in [0, 0.05) is 29.7 Å². The third-order valence-corrected chi connectivity index (χ3v) is 5.13. The van der Waals surface area contributed by atoms with Gasteiger partial charge in [0.25, 0.3) is 0 Å².